The van der Waals surface area contributed by atoms with Crippen molar-refractivity contribution in [2.75, 3.05) is 0 Å². The highest BCUT2D eigenvalue weighted by Gasteiger charge is 2.25. The lowest BCUT2D eigenvalue weighted by molar-refractivity contribution is -0.156. The number of aromatic nitrogens is 1. The zero-order valence-corrected chi connectivity index (χ0v) is 15.3. The van der Waals surface area contributed by atoms with Crippen LogP contribution in [0.25, 0.3) is 6.08 Å². The highest BCUT2D eigenvalue weighted by atomic mass is 35.5. The smallest absolute Gasteiger partial charge is 0.309 e. The standard InChI is InChI=1S/C19H17Cl2NO4/c20-13-6-17(21)16(4-3-15-8-14(23)9-19(24)26-15)18(7-13)25-11-12-2-1-5-22-10-12/h1-7,10,14-15,23H,8-9,11H2/b4-3+/t14-,15-/m1/s1. The Balaban J connectivity index is 1.79. The summed E-state index contributed by atoms with van der Waals surface area (Å²) in [5.74, 6) is 0.0824. The molecule has 0 unspecified atom stereocenters. The second-order valence-corrected chi connectivity index (χ2v) is 6.77. The van der Waals surface area contributed by atoms with Crippen molar-refractivity contribution < 1.29 is 19.4 Å². The molecule has 0 saturated carbocycles. The number of aliphatic hydroxyl groups excluding tert-OH is 1. The number of benzene rings is 1. The summed E-state index contributed by atoms with van der Waals surface area (Å²) in [6.45, 7) is 0.308. The molecular weight excluding hydrogens is 377 g/mol. The molecule has 0 spiro atoms. The SMILES string of the molecule is O=C1C[C@H](O)C[C@@H](/C=C/c2c(Cl)cc(Cl)cc2OCc2cccnc2)O1. The van der Waals surface area contributed by atoms with E-state index in [0.717, 1.165) is 5.56 Å². The Bertz CT molecular complexity index is 811. The van der Waals surface area contributed by atoms with Gasteiger partial charge in [-0.15, -0.1) is 0 Å². The predicted molar refractivity (Wildman–Crippen MR) is 99.2 cm³/mol. The molecule has 1 aromatic heterocycles. The molecule has 26 heavy (non-hydrogen) atoms. The molecule has 5 nitrogen and oxygen atoms in total. The number of cyclic esters (lactones) is 1. The number of ether oxygens (including phenoxy) is 2. The van der Waals surface area contributed by atoms with Gasteiger partial charge < -0.3 is 14.6 Å². The summed E-state index contributed by atoms with van der Waals surface area (Å²) >= 11 is 12.4. The second-order valence-electron chi connectivity index (χ2n) is 5.93. The molecule has 2 heterocycles. The minimum absolute atomic E-state index is 0.0194. The topological polar surface area (TPSA) is 68.7 Å². The van der Waals surface area contributed by atoms with Crippen LogP contribution in [0.4, 0.5) is 0 Å². The summed E-state index contributed by atoms with van der Waals surface area (Å²) in [5, 5.41) is 10.6. The van der Waals surface area contributed by atoms with E-state index < -0.39 is 18.2 Å². The van der Waals surface area contributed by atoms with Crippen LogP contribution in [0.3, 0.4) is 0 Å². The maximum absolute atomic E-state index is 11.4. The number of rotatable bonds is 5. The molecule has 1 aromatic carbocycles. The summed E-state index contributed by atoms with van der Waals surface area (Å²) in [4.78, 5) is 15.5. The van der Waals surface area contributed by atoms with Crippen molar-refractivity contribution in [1.82, 2.24) is 4.98 Å². The van der Waals surface area contributed by atoms with Crippen LogP contribution in [0.15, 0.2) is 42.7 Å². The predicted octanol–water partition coefficient (Wildman–Crippen LogP) is 4.05. The van der Waals surface area contributed by atoms with Crippen LogP contribution < -0.4 is 4.74 Å². The highest BCUT2D eigenvalue weighted by Crippen LogP contribution is 2.33. The molecule has 1 aliphatic rings. The first-order chi connectivity index (χ1) is 12.5. The van der Waals surface area contributed by atoms with Gasteiger partial charge in [0.15, 0.2) is 0 Å². The molecule has 3 rings (SSSR count). The molecular formula is C19H17Cl2NO4. The van der Waals surface area contributed by atoms with Crippen LogP contribution in [0, 0.1) is 0 Å². The molecule has 0 bridgehead atoms. The van der Waals surface area contributed by atoms with E-state index in [1.54, 1.807) is 36.7 Å². The average molecular weight is 394 g/mol. The van der Waals surface area contributed by atoms with Crippen molar-refractivity contribution in [2.24, 2.45) is 0 Å². The fraction of sp³-hybridized carbons (Fsp3) is 0.263. The van der Waals surface area contributed by atoms with Gasteiger partial charge in [-0.1, -0.05) is 35.3 Å². The van der Waals surface area contributed by atoms with Crippen molar-refractivity contribution in [3.8, 4) is 5.75 Å². The average Bonchev–Trinajstić information content (AvgIpc) is 2.59. The van der Waals surface area contributed by atoms with Gasteiger partial charge in [-0.05, 0) is 24.3 Å². The fourth-order valence-electron chi connectivity index (χ4n) is 2.62. The fourth-order valence-corrected chi connectivity index (χ4v) is 3.15. The van der Waals surface area contributed by atoms with Crippen molar-refractivity contribution >= 4 is 35.2 Å². The molecule has 7 heteroatoms. The molecule has 0 amide bonds. The van der Waals surface area contributed by atoms with E-state index in [-0.39, 0.29) is 6.42 Å². The van der Waals surface area contributed by atoms with Crippen LogP contribution in [0.5, 0.6) is 5.75 Å². The third-order valence-electron chi connectivity index (χ3n) is 3.84. The number of carbonyl (C=O) groups excluding carboxylic acids is 1. The lowest BCUT2D eigenvalue weighted by Gasteiger charge is -2.23. The van der Waals surface area contributed by atoms with Crippen LogP contribution in [0.2, 0.25) is 10.0 Å². The van der Waals surface area contributed by atoms with E-state index in [9.17, 15) is 9.90 Å². The molecule has 0 radical (unpaired) electrons. The van der Waals surface area contributed by atoms with Crippen molar-refractivity contribution in [3.63, 3.8) is 0 Å². The first-order valence-electron chi connectivity index (χ1n) is 8.08. The number of esters is 1. The number of pyridine rings is 1. The van der Waals surface area contributed by atoms with Crippen LogP contribution in [0.1, 0.15) is 24.0 Å². The van der Waals surface area contributed by atoms with Gasteiger partial charge in [0.25, 0.3) is 0 Å². The van der Waals surface area contributed by atoms with Gasteiger partial charge in [0.1, 0.15) is 18.5 Å². The zero-order chi connectivity index (χ0) is 18.5. The van der Waals surface area contributed by atoms with Crippen LogP contribution >= 0.6 is 23.2 Å². The Labute approximate surface area is 161 Å². The Morgan fingerprint density at radius 1 is 1.38 bits per heavy atom. The number of hydrogen-bond donors (Lipinski definition) is 1. The van der Waals surface area contributed by atoms with Gasteiger partial charge in [-0.25, -0.2) is 0 Å². The maximum Gasteiger partial charge on any atom is 0.309 e. The number of hydrogen-bond acceptors (Lipinski definition) is 5. The Kier molecular flexibility index (Phi) is 6.14. The van der Waals surface area contributed by atoms with Gasteiger partial charge >= 0.3 is 5.97 Å². The largest absolute Gasteiger partial charge is 0.488 e. The summed E-state index contributed by atoms with van der Waals surface area (Å²) < 4.78 is 11.1. The highest BCUT2D eigenvalue weighted by molar-refractivity contribution is 6.35. The van der Waals surface area contributed by atoms with Crippen molar-refractivity contribution in [3.05, 3.63) is 63.9 Å². The van der Waals surface area contributed by atoms with E-state index >= 15 is 0 Å². The third kappa shape index (κ3) is 4.97. The number of carbonyl (C=O) groups is 1. The summed E-state index contributed by atoms with van der Waals surface area (Å²) in [6, 6.07) is 7.01. The molecule has 1 saturated heterocycles. The van der Waals surface area contributed by atoms with E-state index in [1.165, 1.54) is 0 Å². The summed E-state index contributed by atoms with van der Waals surface area (Å²) in [7, 11) is 0. The molecule has 136 valence electrons. The minimum Gasteiger partial charge on any atom is -0.488 e. The lowest BCUT2D eigenvalue weighted by Crippen LogP contribution is -2.31. The normalized spacial score (nSPS) is 20.2. The summed E-state index contributed by atoms with van der Waals surface area (Å²) in [6.07, 6.45) is 5.96. The number of halogens is 2. The van der Waals surface area contributed by atoms with E-state index in [0.29, 0.717) is 34.4 Å². The lowest BCUT2D eigenvalue weighted by atomic mass is 10.0. The molecule has 1 aliphatic heterocycles. The second kappa shape index (κ2) is 8.54. The van der Waals surface area contributed by atoms with Crippen LogP contribution in [-0.2, 0) is 16.1 Å². The van der Waals surface area contributed by atoms with E-state index in [2.05, 4.69) is 4.98 Å². The monoisotopic (exact) mass is 393 g/mol. The summed E-state index contributed by atoms with van der Waals surface area (Å²) in [5.41, 5.74) is 1.53. The first kappa shape index (κ1) is 18.7. The van der Waals surface area contributed by atoms with E-state index in [1.807, 2.05) is 12.1 Å². The Morgan fingerprint density at radius 2 is 2.23 bits per heavy atom. The maximum atomic E-state index is 11.4. The Morgan fingerprint density at radius 3 is 2.96 bits per heavy atom. The minimum atomic E-state index is -0.701. The molecule has 1 N–H and O–H groups in total. The van der Waals surface area contributed by atoms with E-state index in [4.69, 9.17) is 32.7 Å². The molecule has 2 aromatic rings. The molecule has 0 aliphatic carbocycles. The van der Waals surface area contributed by atoms with Crippen molar-refractivity contribution in [2.45, 2.75) is 31.7 Å². The van der Waals surface area contributed by atoms with Gasteiger partial charge in [-0.2, -0.15) is 0 Å². The van der Waals surface area contributed by atoms with Crippen molar-refractivity contribution in [1.29, 1.82) is 0 Å². The van der Waals surface area contributed by atoms with Gasteiger partial charge in [0.2, 0.25) is 0 Å². The Hall–Kier alpha value is -2.08. The number of aliphatic hydroxyl groups is 1. The quantitative estimate of drug-likeness (QED) is 0.775. The number of nitrogens with zero attached hydrogens (tertiary/aromatic N) is 1. The van der Waals surface area contributed by atoms with Crippen LogP contribution in [-0.4, -0.2) is 28.3 Å². The third-order valence-corrected chi connectivity index (χ3v) is 4.37. The van der Waals surface area contributed by atoms with Gasteiger partial charge in [-0.3, -0.25) is 9.78 Å². The first-order valence-corrected chi connectivity index (χ1v) is 8.83. The molecule has 1 fully saturated rings. The molecule has 2 atom stereocenters. The van der Waals surface area contributed by atoms with Gasteiger partial charge in [0.05, 0.1) is 17.5 Å². The zero-order valence-electron chi connectivity index (χ0n) is 13.8. The van der Waals surface area contributed by atoms with Gasteiger partial charge in [0, 0.05) is 35.0 Å².